The van der Waals surface area contributed by atoms with Gasteiger partial charge in [0.25, 0.3) is 0 Å². The maximum absolute atomic E-state index is 13.4. The minimum Gasteiger partial charge on any atom is -0.314 e. The topological polar surface area (TPSA) is 35.9 Å². The summed E-state index contributed by atoms with van der Waals surface area (Å²) in [6.07, 6.45) is -5.96. The Morgan fingerprint density at radius 2 is 1.80 bits per heavy atom. The highest BCUT2D eigenvalue weighted by Gasteiger charge is 2.44. The van der Waals surface area contributed by atoms with Crippen LogP contribution in [0.15, 0.2) is 47.6 Å². The first-order valence-electron chi connectivity index (χ1n) is 7.55. The molecule has 0 radical (unpaired) electrons. The molecule has 0 aromatic rings. The summed E-state index contributed by atoms with van der Waals surface area (Å²) in [5.74, 6) is -1.46. The number of alkyl halides is 6. The summed E-state index contributed by atoms with van der Waals surface area (Å²) in [7, 11) is 1.50. The van der Waals surface area contributed by atoms with Crippen molar-refractivity contribution in [2.75, 3.05) is 7.05 Å². The molecule has 0 aromatic carbocycles. The van der Waals surface area contributed by atoms with E-state index in [1.165, 1.54) is 14.0 Å². The Balaban J connectivity index is 3.60. The summed E-state index contributed by atoms with van der Waals surface area (Å²) >= 11 is 0. The molecule has 0 saturated heterocycles. The molecule has 2 nitrogen and oxygen atoms in total. The van der Waals surface area contributed by atoms with E-state index in [2.05, 4.69) is 11.9 Å². The molecule has 0 fully saturated rings. The second-order valence-corrected chi connectivity index (χ2v) is 5.73. The molecule has 1 rings (SSSR count). The van der Waals surface area contributed by atoms with Crippen LogP contribution in [0.3, 0.4) is 0 Å². The van der Waals surface area contributed by atoms with Crippen LogP contribution in [0, 0.1) is 11.3 Å². The third kappa shape index (κ3) is 5.59. The van der Waals surface area contributed by atoms with E-state index in [-0.39, 0.29) is 18.6 Å². The van der Waals surface area contributed by atoms with Crippen molar-refractivity contribution in [3.63, 3.8) is 0 Å². The Kier molecular flexibility index (Phi) is 6.82. The van der Waals surface area contributed by atoms with Crippen LogP contribution < -0.4 is 5.32 Å². The van der Waals surface area contributed by atoms with Crippen LogP contribution in [0.4, 0.5) is 26.3 Å². The predicted octanol–water partition coefficient (Wildman–Crippen LogP) is 5.11. The zero-order chi connectivity index (χ0) is 19.4. The number of rotatable bonds is 5. The van der Waals surface area contributed by atoms with Gasteiger partial charge in [-0.3, -0.25) is 0 Å². The molecule has 0 saturated carbocycles. The molecule has 1 aliphatic rings. The maximum Gasteiger partial charge on any atom is 0.416 e. The first-order chi connectivity index (χ1) is 11.4. The number of nitrogens with one attached hydrogen (secondary N) is 2. The monoisotopic (exact) mass is 366 g/mol. The van der Waals surface area contributed by atoms with Gasteiger partial charge in [0.1, 0.15) is 0 Å². The van der Waals surface area contributed by atoms with Gasteiger partial charge in [-0.2, -0.15) is 26.3 Å². The molecule has 2 unspecified atom stereocenters. The van der Waals surface area contributed by atoms with E-state index in [4.69, 9.17) is 5.41 Å². The average molecular weight is 366 g/mol. The van der Waals surface area contributed by atoms with Crippen molar-refractivity contribution in [1.29, 1.82) is 5.41 Å². The molecule has 0 spiro atoms. The largest absolute Gasteiger partial charge is 0.416 e. The first-order valence-corrected chi connectivity index (χ1v) is 7.55. The Bertz CT molecular complexity index is 608. The van der Waals surface area contributed by atoms with Gasteiger partial charge in [-0.15, -0.1) is 0 Å². The Labute approximate surface area is 142 Å². The summed E-state index contributed by atoms with van der Waals surface area (Å²) in [5.41, 5.74) is -2.81. The molecule has 0 amide bonds. The van der Waals surface area contributed by atoms with E-state index < -0.39 is 41.0 Å². The highest BCUT2D eigenvalue weighted by Crippen LogP contribution is 2.44. The second-order valence-electron chi connectivity index (χ2n) is 5.73. The van der Waals surface area contributed by atoms with Crippen LogP contribution in [-0.2, 0) is 0 Å². The van der Waals surface area contributed by atoms with Crippen molar-refractivity contribution in [1.82, 2.24) is 5.32 Å². The van der Waals surface area contributed by atoms with Gasteiger partial charge in [-0.25, -0.2) is 0 Å². The summed E-state index contributed by atoms with van der Waals surface area (Å²) in [4.78, 5) is 0. The quantitative estimate of drug-likeness (QED) is 0.301. The fourth-order valence-electron chi connectivity index (χ4n) is 2.77. The van der Waals surface area contributed by atoms with Crippen molar-refractivity contribution in [3.05, 3.63) is 47.6 Å². The number of likely N-dealkylation sites (N-methyl/N-ethyl adjacent to an activating group) is 1. The summed E-state index contributed by atoms with van der Waals surface area (Å²) in [6.45, 7) is 4.44. The van der Waals surface area contributed by atoms with Crippen molar-refractivity contribution in [2.45, 2.75) is 38.2 Å². The standard InChI is InChI=1S/C17H20F6N2/c1-4-14(16(18,19)20)12(7-5-10(2)24)13-8-6-11(25-3)9-15(13)17(21,22)23/h4-5,7,9,11,13,24-25H,1,6,8H2,2-3H3/b7-5-,14-12-,24-10?. The zero-order valence-electron chi connectivity index (χ0n) is 13.9. The van der Waals surface area contributed by atoms with Gasteiger partial charge in [-0.05, 0) is 38.5 Å². The normalized spacial score (nSPS) is 23.3. The molecular weight excluding hydrogens is 346 g/mol. The van der Waals surface area contributed by atoms with Crippen molar-refractivity contribution >= 4 is 5.71 Å². The lowest BCUT2D eigenvalue weighted by Gasteiger charge is -2.32. The molecular formula is C17H20F6N2. The lowest BCUT2D eigenvalue weighted by molar-refractivity contribution is -0.101. The van der Waals surface area contributed by atoms with Gasteiger partial charge in [0, 0.05) is 23.2 Å². The third-order valence-electron chi connectivity index (χ3n) is 3.93. The minimum absolute atomic E-state index is 0.0652. The second kappa shape index (κ2) is 8.03. The number of hydrogen-bond acceptors (Lipinski definition) is 2. The molecule has 2 atom stereocenters. The molecule has 0 aromatic heterocycles. The molecule has 25 heavy (non-hydrogen) atoms. The summed E-state index contributed by atoms with van der Waals surface area (Å²) in [5, 5.41) is 10.0. The van der Waals surface area contributed by atoms with Gasteiger partial charge in [0.15, 0.2) is 0 Å². The van der Waals surface area contributed by atoms with Crippen LogP contribution in [0.1, 0.15) is 19.8 Å². The van der Waals surface area contributed by atoms with E-state index >= 15 is 0 Å². The van der Waals surface area contributed by atoms with Gasteiger partial charge >= 0.3 is 12.4 Å². The molecule has 0 bridgehead atoms. The predicted molar refractivity (Wildman–Crippen MR) is 85.5 cm³/mol. The van der Waals surface area contributed by atoms with Gasteiger partial charge in [-0.1, -0.05) is 24.8 Å². The Morgan fingerprint density at radius 1 is 1.20 bits per heavy atom. The minimum atomic E-state index is -4.84. The van der Waals surface area contributed by atoms with Crippen LogP contribution in [0.2, 0.25) is 0 Å². The molecule has 0 aliphatic heterocycles. The Morgan fingerprint density at radius 3 is 2.20 bits per heavy atom. The third-order valence-corrected chi connectivity index (χ3v) is 3.93. The van der Waals surface area contributed by atoms with E-state index in [1.807, 2.05) is 0 Å². The number of allylic oxidation sites excluding steroid dienone is 6. The van der Waals surface area contributed by atoms with Crippen molar-refractivity contribution in [3.8, 4) is 0 Å². The highest BCUT2D eigenvalue weighted by atomic mass is 19.4. The van der Waals surface area contributed by atoms with E-state index in [9.17, 15) is 26.3 Å². The number of hydrogen-bond donors (Lipinski definition) is 2. The first kappa shape index (κ1) is 21.2. The molecule has 2 N–H and O–H groups in total. The van der Waals surface area contributed by atoms with E-state index in [0.717, 1.165) is 18.2 Å². The fraction of sp³-hybridized carbons (Fsp3) is 0.471. The van der Waals surface area contributed by atoms with Crippen LogP contribution in [0.25, 0.3) is 0 Å². The zero-order valence-corrected chi connectivity index (χ0v) is 13.9. The van der Waals surface area contributed by atoms with Gasteiger partial charge in [0.05, 0.1) is 5.57 Å². The SMILES string of the molecule is C=C/C(=C(\C=C/C(C)=N)C1CCC(NC)C=C1C(F)(F)F)C(F)(F)F. The lowest BCUT2D eigenvalue weighted by Crippen LogP contribution is -2.34. The van der Waals surface area contributed by atoms with Crippen LogP contribution >= 0.6 is 0 Å². The van der Waals surface area contributed by atoms with E-state index in [1.54, 1.807) is 0 Å². The average Bonchev–Trinajstić information content (AvgIpc) is 2.48. The fourth-order valence-corrected chi connectivity index (χ4v) is 2.77. The Hall–Kier alpha value is -1.83. The van der Waals surface area contributed by atoms with E-state index in [0.29, 0.717) is 6.08 Å². The molecule has 8 heteroatoms. The van der Waals surface area contributed by atoms with Gasteiger partial charge < -0.3 is 10.7 Å². The molecule has 1 aliphatic carbocycles. The number of halogens is 6. The highest BCUT2D eigenvalue weighted by molar-refractivity contribution is 5.90. The van der Waals surface area contributed by atoms with Crippen LogP contribution in [-0.4, -0.2) is 31.2 Å². The summed E-state index contributed by atoms with van der Waals surface area (Å²) < 4.78 is 80.2. The van der Waals surface area contributed by atoms with Crippen molar-refractivity contribution < 1.29 is 26.3 Å². The van der Waals surface area contributed by atoms with Crippen molar-refractivity contribution in [2.24, 2.45) is 5.92 Å². The maximum atomic E-state index is 13.4. The smallest absolute Gasteiger partial charge is 0.314 e. The molecule has 140 valence electrons. The molecule has 0 heterocycles. The summed E-state index contributed by atoms with van der Waals surface area (Å²) in [6, 6.07) is -0.555. The van der Waals surface area contributed by atoms with Gasteiger partial charge in [0.2, 0.25) is 0 Å². The lowest BCUT2D eigenvalue weighted by atomic mass is 9.78. The van der Waals surface area contributed by atoms with Crippen LogP contribution in [0.5, 0.6) is 0 Å².